The molecule has 0 spiro atoms. The number of hydrogen-bond acceptors (Lipinski definition) is 4. The Bertz CT molecular complexity index is 716. The Kier molecular flexibility index (Phi) is 6.19. The smallest absolute Gasteiger partial charge is 0.276 e. The predicted molar refractivity (Wildman–Crippen MR) is 89.9 cm³/mol. The second-order valence-electron chi connectivity index (χ2n) is 4.98. The maximum absolute atomic E-state index is 12.0. The normalized spacial score (nSPS) is 9.92. The van der Waals surface area contributed by atoms with E-state index < -0.39 is 11.8 Å². The maximum atomic E-state index is 12.0. The Morgan fingerprint density at radius 2 is 1.83 bits per heavy atom. The molecule has 2 N–H and O–H groups in total. The van der Waals surface area contributed by atoms with Crippen LogP contribution in [-0.4, -0.2) is 25.5 Å². The van der Waals surface area contributed by atoms with E-state index in [1.54, 1.807) is 30.3 Å². The van der Waals surface area contributed by atoms with Crippen molar-refractivity contribution in [3.05, 3.63) is 59.7 Å². The van der Waals surface area contributed by atoms with Crippen LogP contribution in [0.1, 0.15) is 22.8 Å². The highest BCUT2D eigenvalue weighted by atomic mass is 16.5. The second kappa shape index (κ2) is 8.57. The van der Waals surface area contributed by atoms with Crippen LogP contribution in [0.5, 0.6) is 11.5 Å². The number of amides is 2. The molecule has 2 rings (SSSR count). The molecule has 0 bridgehead atoms. The summed E-state index contributed by atoms with van der Waals surface area (Å²) in [5, 5.41) is 0. The number of hydrogen-bond donors (Lipinski definition) is 2. The Balaban J connectivity index is 1.83. The van der Waals surface area contributed by atoms with Crippen LogP contribution in [0.3, 0.4) is 0 Å². The summed E-state index contributed by atoms with van der Waals surface area (Å²) in [4.78, 5) is 23.8. The van der Waals surface area contributed by atoms with Crippen LogP contribution in [0.25, 0.3) is 0 Å². The molecule has 0 aromatic heterocycles. The van der Waals surface area contributed by atoms with Gasteiger partial charge in [0.05, 0.1) is 7.11 Å². The number of rotatable bonds is 6. The molecule has 2 aromatic carbocycles. The SMILES string of the molecule is CCc1ccccc1OCC(=O)NNC(=O)c1cccc(OC)c1. The highest BCUT2D eigenvalue weighted by molar-refractivity contribution is 5.95. The minimum Gasteiger partial charge on any atom is -0.497 e. The number of aryl methyl sites for hydroxylation is 1. The zero-order valence-electron chi connectivity index (χ0n) is 13.7. The Labute approximate surface area is 140 Å². The molecule has 0 aliphatic carbocycles. The van der Waals surface area contributed by atoms with Gasteiger partial charge in [-0.2, -0.15) is 0 Å². The van der Waals surface area contributed by atoms with E-state index in [9.17, 15) is 9.59 Å². The number of ether oxygens (including phenoxy) is 2. The van der Waals surface area contributed by atoms with Gasteiger partial charge in [0.1, 0.15) is 11.5 Å². The number of nitrogens with one attached hydrogen (secondary N) is 2. The largest absolute Gasteiger partial charge is 0.497 e. The van der Waals surface area contributed by atoms with E-state index in [2.05, 4.69) is 10.9 Å². The molecule has 2 amide bonds. The van der Waals surface area contributed by atoms with E-state index in [0.717, 1.165) is 12.0 Å². The lowest BCUT2D eigenvalue weighted by molar-refractivity contribution is -0.123. The van der Waals surface area contributed by atoms with Crippen molar-refractivity contribution in [1.29, 1.82) is 0 Å². The molecule has 24 heavy (non-hydrogen) atoms. The molecule has 126 valence electrons. The third-order valence-electron chi connectivity index (χ3n) is 3.36. The first-order chi connectivity index (χ1) is 11.6. The van der Waals surface area contributed by atoms with Crippen LogP contribution in [-0.2, 0) is 11.2 Å². The van der Waals surface area contributed by atoms with E-state index in [-0.39, 0.29) is 6.61 Å². The Morgan fingerprint density at radius 3 is 2.58 bits per heavy atom. The van der Waals surface area contributed by atoms with E-state index in [0.29, 0.717) is 17.1 Å². The van der Waals surface area contributed by atoms with Crippen molar-refractivity contribution in [2.75, 3.05) is 13.7 Å². The molecule has 0 aliphatic heterocycles. The van der Waals surface area contributed by atoms with Gasteiger partial charge in [0.25, 0.3) is 11.8 Å². The first-order valence-corrected chi connectivity index (χ1v) is 7.58. The topological polar surface area (TPSA) is 76.7 Å². The van der Waals surface area contributed by atoms with E-state index in [1.165, 1.54) is 7.11 Å². The van der Waals surface area contributed by atoms with Gasteiger partial charge in [0, 0.05) is 5.56 Å². The molecule has 0 atom stereocenters. The zero-order chi connectivity index (χ0) is 17.4. The second-order valence-corrected chi connectivity index (χ2v) is 4.98. The van der Waals surface area contributed by atoms with Gasteiger partial charge >= 0.3 is 0 Å². The molecule has 0 heterocycles. The van der Waals surface area contributed by atoms with Crippen molar-refractivity contribution < 1.29 is 19.1 Å². The van der Waals surface area contributed by atoms with Crippen LogP contribution >= 0.6 is 0 Å². The summed E-state index contributed by atoms with van der Waals surface area (Å²) in [6, 6.07) is 14.1. The summed E-state index contributed by atoms with van der Waals surface area (Å²) in [6.07, 6.45) is 0.810. The minimum absolute atomic E-state index is 0.185. The van der Waals surface area contributed by atoms with Gasteiger partial charge in [-0.15, -0.1) is 0 Å². The molecular formula is C18H20N2O4. The molecule has 0 saturated carbocycles. The minimum atomic E-state index is -0.447. The van der Waals surface area contributed by atoms with Gasteiger partial charge in [0.2, 0.25) is 0 Å². The third-order valence-corrected chi connectivity index (χ3v) is 3.36. The number of hydrazine groups is 1. The number of methoxy groups -OCH3 is 1. The summed E-state index contributed by atoms with van der Waals surface area (Å²) < 4.78 is 10.5. The van der Waals surface area contributed by atoms with Gasteiger partial charge in [-0.25, -0.2) is 0 Å². The summed E-state index contributed by atoms with van der Waals surface area (Å²) in [7, 11) is 1.52. The van der Waals surface area contributed by atoms with E-state index in [4.69, 9.17) is 9.47 Å². The van der Waals surface area contributed by atoms with Gasteiger partial charge in [0.15, 0.2) is 6.61 Å². The predicted octanol–water partition coefficient (Wildman–Crippen LogP) is 2.10. The Hall–Kier alpha value is -3.02. The maximum Gasteiger partial charge on any atom is 0.276 e. The standard InChI is InChI=1S/C18H20N2O4/c1-3-13-7-4-5-10-16(13)24-12-17(21)19-20-18(22)14-8-6-9-15(11-14)23-2/h4-11H,3,12H2,1-2H3,(H,19,21)(H,20,22). The fourth-order valence-electron chi connectivity index (χ4n) is 2.08. The number of carbonyl (C=O) groups excluding carboxylic acids is 2. The lowest BCUT2D eigenvalue weighted by Crippen LogP contribution is -2.43. The van der Waals surface area contributed by atoms with Crippen molar-refractivity contribution in [3.63, 3.8) is 0 Å². The van der Waals surface area contributed by atoms with Crippen LogP contribution < -0.4 is 20.3 Å². The van der Waals surface area contributed by atoms with Gasteiger partial charge in [-0.3, -0.25) is 20.4 Å². The van der Waals surface area contributed by atoms with E-state index in [1.807, 2.05) is 25.1 Å². The van der Waals surface area contributed by atoms with Crippen LogP contribution in [0.4, 0.5) is 0 Å². The van der Waals surface area contributed by atoms with Crippen LogP contribution in [0.2, 0.25) is 0 Å². The summed E-state index contributed by atoms with van der Waals surface area (Å²) in [6.45, 7) is 1.83. The lowest BCUT2D eigenvalue weighted by atomic mass is 10.1. The molecular weight excluding hydrogens is 308 g/mol. The zero-order valence-corrected chi connectivity index (χ0v) is 13.7. The molecule has 6 heteroatoms. The van der Waals surface area contributed by atoms with Crippen molar-refractivity contribution in [2.24, 2.45) is 0 Å². The summed E-state index contributed by atoms with van der Waals surface area (Å²) in [5.74, 6) is 0.344. The number of carbonyl (C=O) groups is 2. The van der Waals surface area contributed by atoms with Gasteiger partial charge in [-0.1, -0.05) is 31.2 Å². The quantitative estimate of drug-likeness (QED) is 0.796. The fourth-order valence-corrected chi connectivity index (χ4v) is 2.08. The van der Waals surface area contributed by atoms with Gasteiger partial charge in [-0.05, 0) is 36.2 Å². The summed E-state index contributed by atoms with van der Waals surface area (Å²) in [5.41, 5.74) is 6.06. The first-order valence-electron chi connectivity index (χ1n) is 7.58. The molecule has 0 saturated heterocycles. The Morgan fingerprint density at radius 1 is 1.04 bits per heavy atom. The first kappa shape index (κ1) is 17.3. The average molecular weight is 328 g/mol. The van der Waals surface area contributed by atoms with Crippen LogP contribution in [0.15, 0.2) is 48.5 Å². The third kappa shape index (κ3) is 4.74. The molecule has 0 aliphatic rings. The van der Waals surface area contributed by atoms with Crippen LogP contribution in [0, 0.1) is 0 Å². The molecule has 0 fully saturated rings. The molecule has 0 unspecified atom stereocenters. The summed E-state index contributed by atoms with van der Waals surface area (Å²) >= 11 is 0. The van der Waals surface area contributed by atoms with Gasteiger partial charge < -0.3 is 9.47 Å². The van der Waals surface area contributed by atoms with Crippen molar-refractivity contribution in [1.82, 2.24) is 10.9 Å². The molecule has 6 nitrogen and oxygen atoms in total. The van der Waals surface area contributed by atoms with E-state index >= 15 is 0 Å². The average Bonchev–Trinajstić information content (AvgIpc) is 2.64. The van der Waals surface area contributed by atoms with Crippen molar-refractivity contribution >= 4 is 11.8 Å². The lowest BCUT2D eigenvalue weighted by Gasteiger charge is -2.11. The number of para-hydroxylation sites is 1. The van der Waals surface area contributed by atoms with Crippen molar-refractivity contribution in [2.45, 2.75) is 13.3 Å². The molecule has 0 radical (unpaired) electrons. The highest BCUT2D eigenvalue weighted by Crippen LogP contribution is 2.17. The van der Waals surface area contributed by atoms with Crippen molar-refractivity contribution in [3.8, 4) is 11.5 Å². The fraction of sp³-hybridized carbons (Fsp3) is 0.222. The number of benzene rings is 2. The highest BCUT2D eigenvalue weighted by Gasteiger charge is 2.09. The monoisotopic (exact) mass is 328 g/mol. The molecule has 2 aromatic rings.